The van der Waals surface area contributed by atoms with Crippen LogP contribution in [0, 0.1) is 0 Å². The maximum atomic E-state index is 12.7. The van der Waals surface area contributed by atoms with Gasteiger partial charge in [-0.05, 0) is 55.0 Å². The molecule has 7 heteroatoms. The second-order valence-corrected chi connectivity index (χ2v) is 7.98. The normalized spacial score (nSPS) is 13.6. The minimum atomic E-state index is 0.00187. The van der Waals surface area contributed by atoms with E-state index in [-0.39, 0.29) is 5.91 Å². The smallest absolute Gasteiger partial charge is 0.246 e. The molecule has 3 aromatic rings. The van der Waals surface area contributed by atoms with E-state index in [0.717, 1.165) is 30.2 Å². The van der Waals surface area contributed by atoms with Crippen molar-refractivity contribution < 1.29 is 19.0 Å². The van der Waals surface area contributed by atoms with E-state index in [1.807, 2.05) is 84.6 Å². The van der Waals surface area contributed by atoms with Crippen LogP contribution in [0.25, 0.3) is 6.08 Å². The molecule has 1 aliphatic heterocycles. The number of hydrogen-bond acceptors (Lipinski definition) is 6. The van der Waals surface area contributed by atoms with Gasteiger partial charge >= 0.3 is 0 Å². The van der Waals surface area contributed by atoms with Crippen LogP contribution in [0.3, 0.4) is 0 Å². The topological polar surface area (TPSA) is 64.1 Å². The Kier molecular flexibility index (Phi) is 8.59. The number of carbonyl (C=O) groups excluding carboxylic acids is 1. The van der Waals surface area contributed by atoms with Crippen LogP contribution in [0.2, 0.25) is 0 Å². The van der Waals surface area contributed by atoms with Gasteiger partial charge in [0.05, 0.1) is 6.61 Å². The molecule has 2 heterocycles. The Labute approximate surface area is 206 Å². The second kappa shape index (κ2) is 12.5. The fraction of sp³-hybridized carbons (Fsp3) is 0.286. The van der Waals surface area contributed by atoms with Crippen LogP contribution in [-0.2, 0) is 4.79 Å². The molecule has 1 fully saturated rings. The molecule has 0 radical (unpaired) electrons. The lowest BCUT2D eigenvalue weighted by Crippen LogP contribution is -2.48. The molecule has 4 rings (SSSR count). The summed E-state index contributed by atoms with van der Waals surface area (Å²) in [6.07, 6.45) is 5.23. The number of rotatable bonds is 10. The molecule has 7 nitrogen and oxygen atoms in total. The van der Waals surface area contributed by atoms with E-state index >= 15 is 0 Å². The molecule has 0 unspecified atom stereocenters. The van der Waals surface area contributed by atoms with E-state index in [1.165, 1.54) is 0 Å². The number of piperazine rings is 1. The summed E-state index contributed by atoms with van der Waals surface area (Å²) in [6.45, 7) is 6.15. The summed E-state index contributed by atoms with van der Waals surface area (Å²) in [7, 11) is 0. The minimum absolute atomic E-state index is 0.00187. The number of para-hydroxylation sites is 1. The third-order valence-corrected chi connectivity index (χ3v) is 5.60. The lowest BCUT2D eigenvalue weighted by molar-refractivity contribution is -0.126. The molecule has 0 spiro atoms. The van der Waals surface area contributed by atoms with Crippen LogP contribution in [0.1, 0.15) is 12.5 Å². The Balaban J connectivity index is 1.29. The van der Waals surface area contributed by atoms with Gasteiger partial charge in [-0.2, -0.15) is 0 Å². The van der Waals surface area contributed by atoms with Crippen molar-refractivity contribution in [1.29, 1.82) is 0 Å². The predicted octanol–water partition coefficient (Wildman–Crippen LogP) is 4.30. The number of aromatic nitrogens is 1. The number of carbonyl (C=O) groups is 1. The van der Waals surface area contributed by atoms with Gasteiger partial charge in [0.25, 0.3) is 0 Å². The number of amides is 1. The number of pyridine rings is 1. The zero-order chi connectivity index (χ0) is 24.3. The quantitative estimate of drug-likeness (QED) is 0.323. The van der Waals surface area contributed by atoms with Gasteiger partial charge in [-0.3, -0.25) is 4.79 Å². The van der Waals surface area contributed by atoms with Gasteiger partial charge in [-0.1, -0.05) is 30.3 Å². The highest BCUT2D eigenvalue weighted by Crippen LogP contribution is 2.29. The van der Waals surface area contributed by atoms with Crippen LogP contribution >= 0.6 is 0 Å². The first-order valence-electron chi connectivity index (χ1n) is 11.9. The molecule has 1 aliphatic rings. The maximum Gasteiger partial charge on any atom is 0.246 e. The summed E-state index contributed by atoms with van der Waals surface area (Å²) in [5.74, 6) is 3.06. The maximum absolute atomic E-state index is 12.7. The van der Waals surface area contributed by atoms with Crippen molar-refractivity contribution in [2.24, 2.45) is 0 Å². The highest BCUT2D eigenvalue weighted by Gasteiger charge is 2.20. The van der Waals surface area contributed by atoms with Crippen LogP contribution in [0.15, 0.2) is 79.0 Å². The standard InChI is InChI=1S/C28H31N3O4/c1-2-33-26-22-23(11-13-25(26)35-21-20-34-24-8-4-3-5-9-24)12-14-28(32)31-18-16-30(17-19-31)27-10-6-7-15-29-27/h3-15,22H,2,16-21H2,1H3. The first-order valence-corrected chi connectivity index (χ1v) is 11.9. The summed E-state index contributed by atoms with van der Waals surface area (Å²) in [5, 5.41) is 0. The second-order valence-electron chi connectivity index (χ2n) is 7.98. The van der Waals surface area contributed by atoms with Crippen molar-refractivity contribution in [2.75, 3.05) is 50.9 Å². The van der Waals surface area contributed by atoms with Crippen molar-refractivity contribution in [3.05, 3.63) is 84.6 Å². The molecule has 1 saturated heterocycles. The van der Waals surface area contributed by atoms with Crippen molar-refractivity contribution in [1.82, 2.24) is 9.88 Å². The van der Waals surface area contributed by atoms with E-state index in [9.17, 15) is 4.79 Å². The monoisotopic (exact) mass is 473 g/mol. The molecular weight excluding hydrogens is 442 g/mol. The van der Waals surface area contributed by atoms with Crippen LogP contribution in [0.5, 0.6) is 17.2 Å². The fourth-order valence-corrected chi connectivity index (χ4v) is 3.81. The Morgan fingerprint density at radius 2 is 1.66 bits per heavy atom. The average Bonchev–Trinajstić information content (AvgIpc) is 2.92. The number of nitrogens with zero attached hydrogens (tertiary/aromatic N) is 3. The third kappa shape index (κ3) is 6.99. The first-order chi connectivity index (χ1) is 17.2. The minimum Gasteiger partial charge on any atom is -0.490 e. The Morgan fingerprint density at radius 3 is 2.40 bits per heavy atom. The first kappa shape index (κ1) is 24.1. The molecule has 1 amide bonds. The van der Waals surface area contributed by atoms with Crippen molar-refractivity contribution in [3.8, 4) is 17.2 Å². The largest absolute Gasteiger partial charge is 0.490 e. The highest BCUT2D eigenvalue weighted by atomic mass is 16.5. The van der Waals surface area contributed by atoms with E-state index in [0.29, 0.717) is 44.4 Å². The Bertz CT molecular complexity index is 1100. The van der Waals surface area contributed by atoms with E-state index in [2.05, 4.69) is 9.88 Å². The molecule has 0 bridgehead atoms. The third-order valence-electron chi connectivity index (χ3n) is 5.60. The van der Waals surface area contributed by atoms with Crippen LogP contribution < -0.4 is 19.1 Å². The lowest BCUT2D eigenvalue weighted by atomic mass is 10.1. The van der Waals surface area contributed by atoms with Gasteiger partial charge in [0.2, 0.25) is 5.91 Å². The average molecular weight is 474 g/mol. The van der Waals surface area contributed by atoms with Gasteiger partial charge in [-0.25, -0.2) is 4.98 Å². The Morgan fingerprint density at radius 1 is 0.886 bits per heavy atom. The molecule has 0 saturated carbocycles. The van der Waals surface area contributed by atoms with Crippen molar-refractivity contribution >= 4 is 17.8 Å². The molecule has 0 atom stereocenters. The zero-order valence-corrected chi connectivity index (χ0v) is 20.0. The summed E-state index contributed by atoms with van der Waals surface area (Å²) in [5.41, 5.74) is 0.877. The summed E-state index contributed by atoms with van der Waals surface area (Å²) in [4.78, 5) is 21.2. The lowest BCUT2D eigenvalue weighted by Gasteiger charge is -2.34. The molecular formula is C28H31N3O4. The molecule has 0 aliphatic carbocycles. The number of anilines is 1. The molecule has 35 heavy (non-hydrogen) atoms. The summed E-state index contributed by atoms with van der Waals surface area (Å²) >= 11 is 0. The fourth-order valence-electron chi connectivity index (χ4n) is 3.81. The summed E-state index contributed by atoms with van der Waals surface area (Å²) < 4.78 is 17.3. The van der Waals surface area contributed by atoms with E-state index in [4.69, 9.17) is 14.2 Å². The predicted molar refractivity (Wildman–Crippen MR) is 137 cm³/mol. The molecule has 1 aromatic heterocycles. The van der Waals surface area contributed by atoms with Gasteiger partial charge in [0.1, 0.15) is 24.8 Å². The Hall–Kier alpha value is -4.00. The number of hydrogen-bond donors (Lipinski definition) is 0. The van der Waals surface area contributed by atoms with Gasteiger partial charge < -0.3 is 24.0 Å². The number of benzene rings is 2. The molecule has 0 N–H and O–H groups in total. The van der Waals surface area contributed by atoms with Crippen LogP contribution in [-0.4, -0.2) is 61.8 Å². The van der Waals surface area contributed by atoms with Crippen molar-refractivity contribution in [2.45, 2.75) is 6.92 Å². The van der Waals surface area contributed by atoms with Crippen molar-refractivity contribution in [3.63, 3.8) is 0 Å². The number of ether oxygens (including phenoxy) is 3. The van der Waals surface area contributed by atoms with Gasteiger partial charge in [0, 0.05) is 38.5 Å². The van der Waals surface area contributed by atoms with E-state index in [1.54, 1.807) is 12.3 Å². The van der Waals surface area contributed by atoms with Crippen LogP contribution in [0.4, 0.5) is 5.82 Å². The summed E-state index contributed by atoms with van der Waals surface area (Å²) in [6, 6.07) is 21.2. The SMILES string of the molecule is CCOc1cc(C=CC(=O)N2CCN(c3ccccn3)CC2)ccc1OCCOc1ccccc1. The molecule has 2 aromatic carbocycles. The van der Waals surface area contributed by atoms with Gasteiger partial charge in [0.15, 0.2) is 11.5 Å². The van der Waals surface area contributed by atoms with Gasteiger partial charge in [-0.15, -0.1) is 0 Å². The molecule has 182 valence electrons. The van der Waals surface area contributed by atoms with E-state index < -0.39 is 0 Å². The zero-order valence-electron chi connectivity index (χ0n) is 20.0. The highest BCUT2D eigenvalue weighted by molar-refractivity contribution is 5.92.